The lowest BCUT2D eigenvalue weighted by Crippen LogP contribution is -2.00. The molecule has 0 atom stereocenters. The van der Waals surface area contributed by atoms with Crippen LogP contribution in [0.25, 0.3) is 0 Å². The molecule has 0 saturated carbocycles. The molecule has 1 aromatic heterocycles. The number of aromatic nitrogens is 1. The summed E-state index contributed by atoms with van der Waals surface area (Å²) in [5.41, 5.74) is 3.92. The van der Waals surface area contributed by atoms with E-state index in [4.69, 9.17) is 16.9 Å². The number of hydrogen-bond donors (Lipinski definition) is 1. The van der Waals surface area contributed by atoms with Crippen LogP contribution in [0, 0.1) is 18.3 Å². The van der Waals surface area contributed by atoms with Gasteiger partial charge in [-0.1, -0.05) is 11.6 Å². The number of rotatable bonds is 3. The highest BCUT2D eigenvalue weighted by Gasteiger charge is 2.03. The summed E-state index contributed by atoms with van der Waals surface area (Å²) >= 11 is 5.91. The first-order chi connectivity index (χ1) is 8.60. The molecule has 1 aromatic carbocycles. The van der Waals surface area contributed by atoms with E-state index in [2.05, 4.69) is 11.4 Å². The second-order valence-corrected chi connectivity index (χ2v) is 4.71. The van der Waals surface area contributed by atoms with E-state index in [0.29, 0.717) is 12.2 Å². The molecule has 92 valence electrons. The van der Waals surface area contributed by atoms with Crippen LogP contribution < -0.4 is 5.32 Å². The number of nitrogens with zero attached hydrogens (tertiary/aromatic N) is 2. The van der Waals surface area contributed by atoms with Crippen molar-refractivity contribution in [1.29, 1.82) is 5.26 Å². The Morgan fingerprint density at radius 3 is 2.78 bits per heavy atom. The molecule has 18 heavy (non-hydrogen) atoms. The van der Waals surface area contributed by atoms with E-state index in [1.165, 1.54) is 0 Å². The average molecular weight is 260 g/mol. The maximum Gasteiger partial charge on any atom is 0.120 e. The predicted molar refractivity (Wildman–Crippen MR) is 73.6 cm³/mol. The molecule has 0 fully saturated rings. The first-order valence-electron chi connectivity index (χ1n) is 5.65. The molecule has 0 unspecified atom stereocenters. The van der Waals surface area contributed by atoms with E-state index in [-0.39, 0.29) is 0 Å². The summed E-state index contributed by atoms with van der Waals surface area (Å²) < 4.78 is 1.83. The van der Waals surface area contributed by atoms with E-state index >= 15 is 0 Å². The molecule has 1 N–H and O–H groups in total. The maximum atomic E-state index is 8.89. The molecule has 0 bridgehead atoms. The van der Waals surface area contributed by atoms with Crippen LogP contribution in [0.4, 0.5) is 5.69 Å². The monoisotopic (exact) mass is 259 g/mol. The van der Waals surface area contributed by atoms with Crippen LogP contribution in [0.2, 0.25) is 5.02 Å². The zero-order valence-corrected chi connectivity index (χ0v) is 11.1. The second-order valence-electron chi connectivity index (χ2n) is 4.27. The van der Waals surface area contributed by atoms with E-state index in [1.54, 1.807) is 0 Å². The SMILES string of the molecule is Cc1cc(Cl)ccc1NCc1cc(C#N)n(C)c1. The third-order valence-electron chi connectivity index (χ3n) is 2.85. The van der Waals surface area contributed by atoms with Gasteiger partial charge in [0.2, 0.25) is 0 Å². The first kappa shape index (κ1) is 12.5. The summed E-state index contributed by atoms with van der Waals surface area (Å²) in [4.78, 5) is 0. The van der Waals surface area contributed by atoms with Crippen molar-refractivity contribution in [3.63, 3.8) is 0 Å². The van der Waals surface area contributed by atoms with Gasteiger partial charge in [0.1, 0.15) is 11.8 Å². The minimum Gasteiger partial charge on any atom is -0.381 e. The second kappa shape index (κ2) is 5.16. The zero-order chi connectivity index (χ0) is 13.1. The molecule has 0 spiro atoms. The summed E-state index contributed by atoms with van der Waals surface area (Å²) in [6.45, 7) is 2.71. The highest BCUT2D eigenvalue weighted by molar-refractivity contribution is 6.30. The highest BCUT2D eigenvalue weighted by Crippen LogP contribution is 2.20. The number of aryl methyl sites for hydroxylation is 2. The number of hydrogen-bond acceptors (Lipinski definition) is 2. The summed E-state index contributed by atoms with van der Waals surface area (Å²) in [6, 6.07) is 9.79. The van der Waals surface area contributed by atoms with Crippen LogP contribution in [-0.4, -0.2) is 4.57 Å². The van der Waals surface area contributed by atoms with Crippen molar-refractivity contribution < 1.29 is 0 Å². The third kappa shape index (κ3) is 2.66. The van der Waals surface area contributed by atoms with Crippen molar-refractivity contribution in [2.45, 2.75) is 13.5 Å². The van der Waals surface area contributed by atoms with Gasteiger partial charge in [-0.2, -0.15) is 5.26 Å². The van der Waals surface area contributed by atoms with E-state index in [1.807, 2.05) is 49.0 Å². The predicted octanol–water partition coefficient (Wildman–Crippen LogP) is 3.47. The molecule has 0 aliphatic carbocycles. The minimum absolute atomic E-state index is 0.666. The van der Waals surface area contributed by atoms with Crippen molar-refractivity contribution in [3.05, 3.63) is 52.3 Å². The van der Waals surface area contributed by atoms with E-state index in [0.717, 1.165) is 21.8 Å². The fourth-order valence-electron chi connectivity index (χ4n) is 1.86. The van der Waals surface area contributed by atoms with Gasteiger partial charge >= 0.3 is 0 Å². The minimum atomic E-state index is 0.666. The highest BCUT2D eigenvalue weighted by atomic mass is 35.5. The van der Waals surface area contributed by atoms with Crippen LogP contribution in [0.3, 0.4) is 0 Å². The fourth-order valence-corrected chi connectivity index (χ4v) is 2.09. The Balaban J connectivity index is 2.09. The molecule has 0 radical (unpaired) electrons. The molecule has 0 amide bonds. The maximum absolute atomic E-state index is 8.89. The van der Waals surface area contributed by atoms with Crippen molar-refractivity contribution in [1.82, 2.24) is 4.57 Å². The summed E-state index contributed by atoms with van der Waals surface area (Å²) in [7, 11) is 1.87. The Labute approximate surface area is 112 Å². The molecule has 3 nitrogen and oxygen atoms in total. The fraction of sp³-hybridized carbons (Fsp3) is 0.214. The smallest absolute Gasteiger partial charge is 0.120 e. The Bertz CT molecular complexity index is 608. The lowest BCUT2D eigenvalue weighted by Gasteiger charge is -2.08. The van der Waals surface area contributed by atoms with Crippen molar-refractivity contribution in [2.24, 2.45) is 7.05 Å². The zero-order valence-electron chi connectivity index (χ0n) is 10.4. The van der Waals surface area contributed by atoms with Gasteiger partial charge in [-0.25, -0.2) is 0 Å². The Morgan fingerprint density at radius 2 is 2.17 bits per heavy atom. The lowest BCUT2D eigenvalue weighted by atomic mass is 10.2. The van der Waals surface area contributed by atoms with Gasteiger partial charge in [0.25, 0.3) is 0 Å². The number of anilines is 1. The van der Waals surface area contributed by atoms with Gasteiger partial charge in [-0.3, -0.25) is 0 Å². The number of nitrogens with one attached hydrogen (secondary N) is 1. The standard InChI is InChI=1S/C14H14ClN3/c1-10-5-12(15)3-4-14(10)17-8-11-6-13(7-16)18(2)9-11/h3-6,9,17H,8H2,1-2H3. The van der Waals surface area contributed by atoms with Gasteiger partial charge in [0.05, 0.1) is 0 Å². The Kier molecular flexibility index (Phi) is 3.59. The van der Waals surface area contributed by atoms with Crippen LogP contribution in [0.15, 0.2) is 30.5 Å². The van der Waals surface area contributed by atoms with Gasteiger partial charge in [0.15, 0.2) is 0 Å². The van der Waals surface area contributed by atoms with Crippen molar-refractivity contribution in [2.75, 3.05) is 5.32 Å². The molecular formula is C14H14ClN3. The van der Waals surface area contributed by atoms with E-state index < -0.39 is 0 Å². The summed E-state index contributed by atoms with van der Waals surface area (Å²) in [6.07, 6.45) is 1.96. The van der Waals surface area contributed by atoms with Gasteiger partial charge in [-0.05, 0) is 42.3 Å². The molecule has 0 aliphatic rings. The number of benzene rings is 1. The third-order valence-corrected chi connectivity index (χ3v) is 3.08. The number of nitriles is 1. The quantitative estimate of drug-likeness (QED) is 0.917. The molecule has 1 heterocycles. The van der Waals surface area contributed by atoms with Crippen LogP contribution in [-0.2, 0) is 13.6 Å². The molecule has 2 aromatic rings. The molecule has 2 rings (SSSR count). The van der Waals surface area contributed by atoms with Crippen molar-refractivity contribution >= 4 is 17.3 Å². The largest absolute Gasteiger partial charge is 0.381 e. The molecule has 4 heteroatoms. The average Bonchev–Trinajstić information content (AvgIpc) is 2.69. The molecule has 0 saturated heterocycles. The first-order valence-corrected chi connectivity index (χ1v) is 6.03. The van der Waals surface area contributed by atoms with Gasteiger partial charge in [0, 0.05) is 30.5 Å². The number of halogens is 1. The molecule has 0 aliphatic heterocycles. The van der Waals surface area contributed by atoms with Gasteiger partial charge < -0.3 is 9.88 Å². The van der Waals surface area contributed by atoms with Crippen molar-refractivity contribution in [3.8, 4) is 6.07 Å². The topological polar surface area (TPSA) is 40.8 Å². The van der Waals surface area contributed by atoms with Crippen LogP contribution >= 0.6 is 11.6 Å². The summed E-state index contributed by atoms with van der Waals surface area (Å²) in [5.74, 6) is 0. The normalized spacial score (nSPS) is 10.1. The van der Waals surface area contributed by atoms with Crippen LogP contribution in [0.1, 0.15) is 16.8 Å². The molecular weight excluding hydrogens is 246 g/mol. The Hall–Kier alpha value is -1.92. The Morgan fingerprint density at radius 1 is 1.39 bits per heavy atom. The lowest BCUT2D eigenvalue weighted by molar-refractivity contribution is 0.902. The van der Waals surface area contributed by atoms with Crippen LogP contribution in [0.5, 0.6) is 0 Å². The summed E-state index contributed by atoms with van der Waals surface area (Å²) in [5, 5.41) is 13.0. The van der Waals surface area contributed by atoms with Gasteiger partial charge in [-0.15, -0.1) is 0 Å². The van der Waals surface area contributed by atoms with E-state index in [9.17, 15) is 0 Å².